The maximum atomic E-state index is 12.5. The SMILES string of the molecule is Cc1cccc(NC(=O)c2cc(Br)cn2C2CC2)c1C. The Morgan fingerprint density at radius 2 is 2.10 bits per heavy atom. The minimum absolute atomic E-state index is 0.0451. The second kappa shape index (κ2) is 5.09. The molecule has 1 aromatic heterocycles. The van der Waals surface area contributed by atoms with E-state index in [-0.39, 0.29) is 5.91 Å². The summed E-state index contributed by atoms with van der Waals surface area (Å²) in [6.07, 6.45) is 4.31. The van der Waals surface area contributed by atoms with E-state index in [2.05, 4.69) is 38.8 Å². The van der Waals surface area contributed by atoms with Gasteiger partial charge in [0.15, 0.2) is 0 Å². The van der Waals surface area contributed by atoms with Crippen molar-refractivity contribution in [3.8, 4) is 0 Å². The summed E-state index contributed by atoms with van der Waals surface area (Å²) in [6, 6.07) is 8.33. The van der Waals surface area contributed by atoms with Gasteiger partial charge in [-0.25, -0.2) is 0 Å². The van der Waals surface area contributed by atoms with E-state index in [1.54, 1.807) is 0 Å². The van der Waals surface area contributed by atoms with E-state index in [4.69, 9.17) is 0 Å². The lowest BCUT2D eigenvalue weighted by Gasteiger charge is -2.12. The predicted molar refractivity (Wildman–Crippen MR) is 84.3 cm³/mol. The molecule has 104 valence electrons. The Morgan fingerprint density at radius 3 is 2.80 bits per heavy atom. The maximum absolute atomic E-state index is 12.5. The van der Waals surface area contributed by atoms with Crippen molar-refractivity contribution in [3.05, 3.63) is 51.8 Å². The molecule has 3 nitrogen and oxygen atoms in total. The fraction of sp³-hybridized carbons (Fsp3) is 0.312. The zero-order valence-electron chi connectivity index (χ0n) is 11.6. The quantitative estimate of drug-likeness (QED) is 0.884. The molecule has 1 heterocycles. The van der Waals surface area contributed by atoms with E-state index >= 15 is 0 Å². The summed E-state index contributed by atoms with van der Waals surface area (Å²) in [5, 5.41) is 3.02. The molecule has 2 aromatic rings. The Hall–Kier alpha value is -1.55. The summed E-state index contributed by atoms with van der Waals surface area (Å²) in [5.74, 6) is -0.0451. The third kappa shape index (κ3) is 2.52. The van der Waals surface area contributed by atoms with Crippen molar-refractivity contribution in [3.63, 3.8) is 0 Å². The van der Waals surface area contributed by atoms with E-state index < -0.39 is 0 Å². The Labute approximate surface area is 127 Å². The van der Waals surface area contributed by atoms with E-state index in [0.29, 0.717) is 6.04 Å². The fourth-order valence-electron chi connectivity index (χ4n) is 2.36. The second-order valence-corrected chi connectivity index (χ2v) is 6.30. The minimum atomic E-state index is -0.0451. The number of aryl methyl sites for hydroxylation is 1. The molecule has 1 aliphatic carbocycles. The molecule has 0 bridgehead atoms. The summed E-state index contributed by atoms with van der Waals surface area (Å²) in [7, 11) is 0. The number of hydrogen-bond acceptors (Lipinski definition) is 1. The first-order valence-electron chi connectivity index (χ1n) is 6.81. The zero-order chi connectivity index (χ0) is 14.3. The number of aromatic nitrogens is 1. The van der Waals surface area contributed by atoms with Crippen LogP contribution in [-0.4, -0.2) is 10.5 Å². The Balaban J connectivity index is 1.88. The Morgan fingerprint density at radius 1 is 1.35 bits per heavy atom. The number of nitrogens with zero attached hydrogens (tertiary/aromatic N) is 1. The molecule has 0 radical (unpaired) electrons. The van der Waals surface area contributed by atoms with Gasteiger partial charge in [0, 0.05) is 22.4 Å². The van der Waals surface area contributed by atoms with Gasteiger partial charge in [-0.05, 0) is 65.9 Å². The van der Waals surface area contributed by atoms with Gasteiger partial charge in [-0.3, -0.25) is 4.79 Å². The molecular weight excluding hydrogens is 316 g/mol. The third-order valence-electron chi connectivity index (χ3n) is 3.84. The highest BCUT2D eigenvalue weighted by Crippen LogP contribution is 2.37. The van der Waals surface area contributed by atoms with Gasteiger partial charge in [0.05, 0.1) is 0 Å². The lowest BCUT2D eigenvalue weighted by Crippen LogP contribution is -2.17. The average Bonchev–Trinajstić information content (AvgIpc) is 3.18. The van der Waals surface area contributed by atoms with Crippen LogP contribution in [0, 0.1) is 13.8 Å². The summed E-state index contributed by atoms with van der Waals surface area (Å²) in [5.41, 5.74) is 3.90. The Kier molecular flexibility index (Phi) is 3.42. The van der Waals surface area contributed by atoms with Gasteiger partial charge in [0.1, 0.15) is 5.69 Å². The highest BCUT2D eigenvalue weighted by Gasteiger charge is 2.27. The van der Waals surface area contributed by atoms with Gasteiger partial charge < -0.3 is 9.88 Å². The van der Waals surface area contributed by atoms with Crippen LogP contribution in [0.4, 0.5) is 5.69 Å². The molecule has 1 saturated carbocycles. The molecule has 0 atom stereocenters. The molecule has 0 unspecified atom stereocenters. The summed E-state index contributed by atoms with van der Waals surface area (Å²) in [4.78, 5) is 12.5. The maximum Gasteiger partial charge on any atom is 0.272 e. The van der Waals surface area contributed by atoms with Crippen molar-refractivity contribution in [2.45, 2.75) is 32.7 Å². The molecule has 0 spiro atoms. The normalized spacial score (nSPS) is 14.3. The molecule has 1 amide bonds. The number of rotatable bonds is 3. The van der Waals surface area contributed by atoms with E-state index in [1.165, 1.54) is 5.56 Å². The van der Waals surface area contributed by atoms with Crippen molar-refractivity contribution in [1.82, 2.24) is 4.57 Å². The molecule has 0 saturated heterocycles. The van der Waals surface area contributed by atoms with Gasteiger partial charge in [0.25, 0.3) is 5.91 Å². The smallest absolute Gasteiger partial charge is 0.272 e. The largest absolute Gasteiger partial charge is 0.339 e. The van der Waals surface area contributed by atoms with Crippen LogP contribution in [0.25, 0.3) is 0 Å². The number of benzene rings is 1. The molecule has 3 rings (SSSR count). The fourth-order valence-corrected chi connectivity index (χ4v) is 2.79. The van der Waals surface area contributed by atoms with Gasteiger partial charge in [-0.15, -0.1) is 0 Å². The lowest BCUT2D eigenvalue weighted by molar-refractivity contribution is 0.101. The first kappa shape index (κ1) is 13.4. The van der Waals surface area contributed by atoms with Crippen LogP contribution in [0.1, 0.15) is 40.5 Å². The highest BCUT2D eigenvalue weighted by atomic mass is 79.9. The number of nitrogens with one attached hydrogen (secondary N) is 1. The second-order valence-electron chi connectivity index (χ2n) is 5.38. The highest BCUT2D eigenvalue weighted by molar-refractivity contribution is 9.10. The van der Waals surface area contributed by atoms with Crippen LogP contribution in [0.2, 0.25) is 0 Å². The summed E-state index contributed by atoms with van der Waals surface area (Å²) < 4.78 is 3.03. The molecule has 1 aromatic carbocycles. The first-order chi connectivity index (χ1) is 9.56. The topological polar surface area (TPSA) is 34.0 Å². The van der Waals surface area contributed by atoms with Crippen molar-refractivity contribution in [1.29, 1.82) is 0 Å². The van der Waals surface area contributed by atoms with Crippen molar-refractivity contribution in [2.24, 2.45) is 0 Å². The van der Waals surface area contributed by atoms with Gasteiger partial charge in [-0.1, -0.05) is 12.1 Å². The van der Waals surface area contributed by atoms with Gasteiger partial charge in [0.2, 0.25) is 0 Å². The average molecular weight is 333 g/mol. The number of halogens is 1. The van der Waals surface area contributed by atoms with Crippen molar-refractivity contribution >= 4 is 27.5 Å². The monoisotopic (exact) mass is 332 g/mol. The summed E-state index contributed by atoms with van der Waals surface area (Å²) >= 11 is 3.46. The predicted octanol–water partition coefficient (Wildman–Crippen LogP) is 4.45. The number of anilines is 1. The molecular formula is C16H17BrN2O. The molecule has 4 heteroatoms. The van der Waals surface area contributed by atoms with Crippen LogP contribution in [0.5, 0.6) is 0 Å². The van der Waals surface area contributed by atoms with Crippen molar-refractivity contribution < 1.29 is 4.79 Å². The molecule has 0 aliphatic heterocycles. The van der Waals surface area contributed by atoms with Crippen LogP contribution >= 0.6 is 15.9 Å². The van der Waals surface area contributed by atoms with E-state index in [1.807, 2.05) is 31.3 Å². The van der Waals surface area contributed by atoms with E-state index in [9.17, 15) is 4.79 Å². The zero-order valence-corrected chi connectivity index (χ0v) is 13.2. The lowest BCUT2D eigenvalue weighted by atomic mass is 10.1. The molecule has 1 aliphatic rings. The molecule has 20 heavy (non-hydrogen) atoms. The van der Waals surface area contributed by atoms with Gasteiger partial charge >= 0.3 is 0 Å². The van der Waals surface area contributed by atoms with Crippen LogP contribution < -0.4 is 5.32 Å². The Bertz CT molecular complexity index is 671. The molecule has 1 fully saturated rings. The number of amides is 1. The van der Waals surface area contributed by atoms with E-state index in [0.717, 1.165) is 34.3 Å². The first-order valence-corrected chi connectivity index (χ1v) is 7.60. The van der Waals surface area contributed by atoms with Crippen LogP contribution in [0.15, 0.2) is 34.9 Å². The van der Waals surface area contributed by atoms with Crippen molar-refractivity contribution in [2.75, 3.05) is 5.32 Å². The third-order valence-corrected chi connectivity index (χ3v) is 4.27. The minimum Gasteiger partial charge on any atom is -0.339 e. The molecule has 1 N–H and O–H groups in total. The number of carbonyl (C=O) groups is 1. The summed E-state index contributed by atoms with van der Waals surface area (Å²) in [6.45, 7) is 4.08. The number of carbonyl (C=O) groups excluding carboxylic acids is 1. The van der Waals surface area contributed by atoms with Crippen LogP contribution in [0.3, 0.4) is 0 Å². The van der Waals surface area contributed by atoms with Gasteiger partial charge in [-0.2, -0.15) is 0 Å². The van der Waals surface area contributed by atoms with Crippen LogP contribution in [-0.2, 0) is 0 Å². The standard InChI is InChI=1S/C16H17BrN2O/c1-10-4-3-5-14(11(10)2)18-16(20)15-8-12(17)9-19(15)13-6-7-13/h3-5,8-9,13H,6-7H2,1-2H3,(H,18,20). The number of hydrogen-bond donors (Lipinski definition) is 1.